The molecule has 5 heteroatoms. The maximum atomic E-state index is 9.91. The minimum atomic E-state index is -0.494. The van der Waals surface area contributed by atoms with Gasteiger partial charge in [0.25, 0.3) is 0 Å². The highest BCUT2D eigenvalue weighted by molar-refractivity contribution is 7.16. The Morgan fingerprint density at radius 3 is 2.93 bits per heavy atom. The fourth-order valence-corrected chi connectivity index (χ4v) is 2.46. The second kappa shape index (κ2) is 4.35. The predicted octanol–water partition coefficient (Wildman–Crippen LogP) is 2.41. The van der Waals surface area contributed by atoms with Gasteiger partial charge >= 0.3 is 0 Å². The first kappa shape index (κ1) is 10.7. The Bertz CT molecular complexity index is 452. The zero-order valence-electron chi connectivity index (χ0n) is 8.22. The molecule has 80 valence electrons. The monoisotopic (exact) mass is 242 g/mol. The lowest BCUT2D eigenvalue weighted by Crippen LogP contribution is -1.98. The number of nitrogens with zero attached hydrogens (tertiary/aromatic N) is 2. The van der Waals surface area contributed by atoms with Crippen LogP contribution in [0, 0.1) is 0 Å². The van der Waals surface area contributed by atoms with Gasteiger partial charge in [0.05, 0.1) is 16.6 Å². The van der Waals surface area contributed by atoms with Gasteiger partial charge in [-0.3, -0.25) is 4.68 Å². The summed E-state index contributed by atoms with van der Waals surface area (Å²) < 4.78 is 2.43. The summed E-state index contributed by atoms with van der Waals surface area (Å²) in [7, 11) is 1.86. The molecular weight excluding hydrogens is 232 g/mol. The Hall–Kier alpha value is -0.840. The van der Waals surface area contributed by atoms with E-state index >= 15 is 0 Å². The fraction of sp³-hybridized carbons (Fsp3) is 0.300. The number of rotatable bonds is 3. The van der Waals surface area contributed by atoms with Crippen LogP contribution in [0.4, 0.5) is 0 Å². The van der Waals surface area contributed by atoms with Crippen molar-refractivity contribution in [2.75, 3.05) is 0 Å². The number of thiophene rings is 1. The van der Waals surface area contributed by atoms with Gasteiger partial charge in [-0.15, -0.1) is 11.3 Å². The van der Waals surface area contributed by atoms with Crippen molar-refractivity contribution in [1.82, 2.24) is 9.78 Å². The lowest BCUT2D eigenvalue weighted by Gasteiger charge is -2.05. The third-order valence-corrected chi connectivity index (χ3v) is 3.44. The van der Waals surface area contributed by atoms with Crippen molar-refractivity contribution in [3.63, 3.8) is 0 Å². The molecule has 0 amide bonds. The van der Waals surface area contributed by atoms with E-state index in [0.717, 1.165) is 10.4 Å². The van der Waals surface area contributed by atoms with Crippen molar-refractivity contribution in [1.29, 1.82) is 0 Å². The van der Waals surface area contributed by atoms with Gasteiger partial charge in [-0.05, 0) is 17.7 Å². The Labute approximate surface area is 96.9 Å². The molecule has 0 aliphatic rings. The van der Waals surface area contributed by atoms with Crippen LogP contribution in [-0.2, 0) is 13.5 Å². The van der Waals surface area contributed by atoms with Crippen LogP contribution in [0.1, 0.15) is 16.5 Å². The molecule has 0 aromatic carbocycles. The van der Waals surface area contributed by atoms with Crippen LogP contribution >= 0.6 is 22.9 Å². The van der Waals surface area contributed by atoms with Gasteiger partial charge in [-0.25, -0.2) is 0 Å². The van der Waals surface area contributed by atoms with Crippen LogP contribution in [0.25, 0.3) is 0 Å². The van der Waals surface area contributed by atoms with E-state index < -0.39 is 6.10 Å². The SMILES string of the molecule is Cn1cc(CC(O)c2ccc(Cl)s2)cn1. The molecule has 0 saturated carbocycles. The first-order valence-corrected chi connectivity index (χ1v) is 5.75. The topological polar surface area (TPSA) is 38.0 Å². The number of aliphatic hydroxyl groups is 1. The van der Waals surface area contributed by atoms with Crippen molar-refractivity contribution in [2.24, 2.45) is 7.05 Å². The molecule has 0 aliphatic carbocycles. The van der Waals surface area contributed by atoms with E-state index in [9.17, 15) is 5.11 Å². The van der Waals surface area contributed by atoms with Gasteiger partial charge in [0.2, 0.25) is 0 Å². The van der Waals surface area contributed by atoms with Gasteiger partial charge in [-0.1, -0.05) is 11.6 Å². The number of aromatic nitrogens is 2. The Kier molecular flexibility index (Phi) is 3.09. The number of hydrogen-bond acceptors (Lipinski definition) is 3. The summed E-state index contributed by atoms with van der Waals surface area (Å²) in [5.41, 5.74) is 1.02. The standard InChI is InChI=1S/C10H11ClN2OS/c1-13-6-7(5-12-13)4-8(14)9-2-3-10(11)15-9/h2-3,5-6,8,14H,4H2,1H3. The molecule has 2 rings (SSSR count). The summed E-state index contributed by atoms with van der Waals surface area (Å²) in [6, 6.07) is 3.65. The third kappa shape index (κ3) is 2.59. The third-order valence-electron chi connectivity index (χ3n) is 2.11. The lowest BCUT2D eigenvalue weighted by atomic mass is 10.1. The molecule has 2 aromatic rings. The smallest absolute Gasteiger partial charge is 0.0932 e. The fourth-order valence-electron chi connectivity index (χ4n) is 1.41. The van der Waals surface area contributed by atoms with Crippen molar-refractivity contribution in [3.05, 3.63) is 39.3 Å². The average molecular weight is 243 g/mol. The molecule has 0 radical (unpaired) electrons. The molecule has 2 heterocycles. The number of hydrogen-bond donors (Lipinski definition) is 1. The highest BCUT2D eigenvalue weighted by Gasteiger charge is 2.11. The van der Waals surface area contributed by atoms with E-state index in [2.05, 4.69) is 5.10 Å². The van der Waals surface area contributed by atoms with Crippen LogP contribution in [0.3, 0.4) is 0 Å². The zero-order valence-corrected chi connectivity index (χ0v) is 9.79. The van der Waals surface area contributed by atoms with Crippen molar-refractivity contribution in [2.45, 2.75) is 12.5 Å². The van der Waals surface area contributed by atoms with Crippen LogP contribution in [0.5, 0.6) is 0 Å². The maximum absolute atomic E-state index is 9.91. The second-order valence-electron chi connectivity index (χ2n) is 3.38. The van der Waals surface area contributed by atoms with Crippen LogP contribution < -0.4 is 0 Å². The molecular formula is C10H11ClN2OS. The van der Waals surface area contributed by atoms with Crippen molar-refractivity contribution in [3.8, 4) is 0 Å². The second-order valence-corrected chi connectivity index (χ2v) is 5.13. The average Bonchev–Trinajstić information content (AvgIpc) is 2.75. The first-order chi connectivity index (χ1) is 7.15. The molecule has 0 saturated heterocycles. The van der Waals surface area contributed by atoms with Crippen LogP contribution in [-0.4, -0.2) is 14.9 Å². The molecule has 1 unspecified atom stereocenters. The van der Waals surface area contributed by atoms with E-state index in [-0.39, 0.29) is 0 Å². The summed E-state index contributed by atoms with van der Waals surface area (Å²) in [5.74, 6) is 0. The summed E-state index contributed by atoms with van der Waals surface area (Å²) in [5, 5.41) is 14.0. The molecule has 2 aromatic heterocycles. The number of halogens is 1. The minimum absolute atomic E-state index is 0.494. The van der Waals surface area contributed by atoms with Crippen molar-refractivity contribution < 1.29 is 5.11 Å². The summed E-state index contributed by atoms with van der Waals surface area (Å²) in [6.45, 7) is 0. The van der Waals surface area contributed by atoms with E-state index in [0.29, 0.717) is 10.8 Å². The molecule has 0 aliphatic heterocycles. The van der Waals surface area contributed by atoms with Gasteiger partial charge in [0.15, 0.2) is 0 Å². The van der Waals surface area contributed by atoms with E-state index in [1.54, 1.807) is 16.9 Å². The van der Waals surface area contributed by atoms with Crippen LogP contribution in [0.15, 0.2) is 24.5 Å². The number of aliphatic hydroxyl groups excluding tert-OH is 1. The van der Waals surface area contributed by atoms with Crippen LogP contribution in [0.2, 0.25) is 4.34 Å². The lowest BCUT2D eigenvalue weighted by molar-refractivity contribution is 0.182. The molecule has 1 atom stereocenters. The first-order valence-electron chi connectivity index (χ1n) is 4.56. The van der Waals surface area contributed by atoms with Crippen molar-refractivity contribution >= 4 is 22.9 Å². The Balaban J connectivity index is 2.06. The zero-order chi connectivity index (χ0) is 10.8. The quantitative estimate of drug-likeness (QED) is 0.898. The highest BCUT2D eigenvalue weighted by Crippen LogP contribution is 2.28. The molecule has 0 bridgehead atoms. The molecule has 1 N–H and O–H groups in total. The molecule has 0 fully saturated rings. The maximum Gasteiger partial charge on any atom is 0.0932 e. The highest BCUT2D eigenvalue weighted by atomic mass is 35.5. The summed E-state index contributed by atoms with van der Waals surface area (Å²) in [4.78, 5) is 0.892. The summed E-state index contributed by atoms with van der Waals surface area (Å²) in [6.07, 6.45) is 3.74. The van der Waals surface area contributed by atoms with E-state index in [1.807, 2.05) is 19.3 Å². The minimum Gasteiger partial charge on any atom is -0.387 e. The molecule has 3 nitrogen and oxygen atoms in total. The number of aryl methyl sites for hydroxylation is 1. The molecule has 0 spiro atoms. The van der Waals surface area contributed by atoms with E-state index in [4.69, 9.17) is 11.6 Å². The Morgan fingerprint density at radius 2 is 2.40 bits per heavy atom. The van der Waals surface area contributed by atoms with Gasteiger partial charge in [-0.2, -0.15) is 5.10 Å². The normalized spacial score (nSPS) is 13.0. The molecule has 15 heavy (non-hydrogen) atoms. The predicted molar refractivity (Wildman–Crippen MR) is 61.2 cm³/mol. The summed E-state index contributed by atoms with van der Waals surface area (Å²) >= 11 is 7.21. The Morgan fingerprint density at radius 1 is 1.60 bits per heavy atom. The largest absolute Gasteiger partial charge is 0.387 e. The van der Waals surface area contributed by atoms with E-state index in [1.165, 1.54) is 11.3 Å². The van der Waals surface area contributed by atoms with Gasteiger partial charge in [0.1, 0.15) is 0 Å². The van der Waals surface area contributed by atoms with Gasteiger partial charge in [0, 0.05) is 24.5 Å². The van der Waals surface area contributed by atoms with Gasteiger partial charge < -0.3 is 5.11 Å².